The van der Waals surface area contributed by atoms with Gasteiger partial charge in [0.15, 0.2) is 0 Å². The lowest BCUT2D eigenvalue weighted by molar-refractivity contribution is 0.0891. The molecule has 2 aromatic carbocycles. The van der Waals surface area contributed by atoms with Gasteiger partial charge in [-0.05, 0) is 54.7 Å². The lowest BCUT2D eigenvalue weighted by Gasteiger charge is -2.34. The number of hydrogen-bond donors (Lipinski definition) is 2. The monoisotopic (exact) mass is 386 g/mol. The van der Waals surface area contributed by atoms with Crippen LogP contribution >= 0.6 is 0 Å². The molecule has 0 spiro atoms. The highest BCUT2D eigenvalue weighted by Crippen LogP contribution is 2.29. The largest absolute Gasteiger partial charge is 0.349 e. The van der Waals surface area contributed by atoms with Crippen molar-refractivity contribution in [3.8, 4) is 0 Å². The summed E-state index contributed by atoms with van der Waals surface area (Å²) in [4.78, 5) is 12.7. The molecular formula is C21H26N2O3S. The highest BCUT2D eigenvalue weighted by atomic mass is 32.2. The SMILES string of the molecule is C[C@@H]1[C@H](C)CCC[C@H]1NC(=O)c1ccc(S(=O)(=O)Nc2ccccc2)cc1. The minimum absolute atomic E-state index is 0.127. The summed E-state index contributed by atoms with van der Waals surface area (Å²) in [6.07, 6.45) is 3.32. The average Bonchev–Trinajstić information content (AvgIpc) is 2.66. The number of anilines is 1. The van der Waals surface area contributed by atoms with Gasteiger partial charge in [0.2, 0.25) is 0 Å². The van der Waals surface area contributed by atoms with Gasteiger partial charge in [-0.1, -0.05) is 44.9 Å². The number of para-hydroxylation sites is 1. The Morgan fingerprint density at radius 1 is 0.963 bits per heavy atom. The van der Waals surface area contributed by atoms with Crippen molar-refractivity contribution in [1.82, 2.24) is 5.32 Å². The first-order chi connectivity index (χ1) is 12.9. The second-order valence-electron chi connectivity index (χ2n) is 7.34. The van der Waals surface area contributed by atoms with Crippen LogP contribution in [0, 0.1) is 11.8 Å². The molecule has 0 radical (unpaired) electrons. The van der Waals surface area contributed by atoms with Crippen LogP contribution in [0.1, 0.15) is 43.5 Å². The van der Waals surface area contributed by atoms with Crippen molar-refractivity contribution in [3.05, 3.63) is 60.2 Å². The topological polar surface area (TPSA) is 75.3 Å². The van der Waals surface area contributed by atoms with E-state index in [4.69, 9.17) is 0 Å². The van der Waals surface area contributed by atoms with Gasteiger partial charge >= 0.3 is 0 Å². The molecule has 5 nitrogen and oxygen atoms in total. The molecule has 0 bridgehead atoms. The molecule has 0 aliphatic heterocycles. The molecule has 1 aliphatic carbocycles. The summed E-state index contributed by atoms with van der Waals surface area (Å²) in [6.45, 7) is 4.40. The molecule has 1 aliphatic rings. The molecule has 0 aromatic heterocycles. The second kappa shape index (κ2) is 8.13. The molecule has 27 heavy (non-hydrogen) atoms. The van der Waals surface area contributed by atoms with Crippen molar-refractivity contribution in [2.75, 3.05) is 4.72 Å². The maximum atomic E-state index is 12.5. The first kappa shape index (κ1) is 19.4. The van der Waals surface area contributed by atoms with Crippen molar-refractivity contribution in [2.45, 2.75) is 44.0 Å². The molecule has 6 heteroatoms. The Morgan fingerprint density at radius 3 is 2.30 bits per heavy atom. The lowest BCUT2D eigenvalue weighted by atomic mass is 9.78. The van der Waals surface area contributed by atoms with Gasteiger partial charge in [0.05, 0.1) is 4.90 Å². The van der Waals surface area contributed by atoms with Gasteiger partial charge in [-0.2, -0.15) is 0 Å². The lowest BCUT2D eigenvalue weighted by Crippen LogP contribution is -2.43. The molecule has 144 valence electrons. The molecule has 2 aromatic rings. The molecule has 1 saturated carbocycles. The predicted octanol–water partition coefficient (Wildman–Crippen LogP) is 4.04. The van der Waals surface area contributed by atoms with E-state index in [0.717, 1.165) is 12.8 Å². The van der Waals surface area contributed by atoms with Crippen LogP contribution in [0.4, 0.5) is 5.69 Å². The van der Waals surface area contributed by atoms with Gasteiger partial charge in [-0.3, -0.25) is 9.52 Å². The number of benzene rings is 2. The molecule has 0 saturated heterocycles. The number of carbonyl (C=O) groups is 1. The number of nitrogens with one attached hydrogen (secondary N) is 2. The molecule has 0 heterocycles. The van der Waals surface area contributed by atoms with Gasteiger partial charge < -0.3 is 5.32 Å². The zero-order valence-corrected chi connectivity index (χ0v) is 16.5. The van der Waals surface area contributed by atoms with E-state index in [1.807, 2.05) is 6.07 Å². The van der Waals surface area contributed by atoms with Crippen molar-refractivity contribution >= 4 is 21.6 Å². The summed E-state index contributed by atoms with van der Waals surface area (Å²) >= 11 is 0. The van der Waals surface area contributed by atoms with Gasteiger partial charge in [-0.25, -0.2) is 8.42 Å². The Bertz CT molecular complexity index is 879. The quantitative estimate of drug-likeness (QED) is 0.814. The first-order valence-corrected chi connectivity index (χ1v) is 10.8. The number of carbonyl (C=O) groups excluding carboxylic acids is 1. The average molecular weight is 387 g/mol. The number of sulfonamides is 1. The van der Waals surface area contributed by atoms with E-state index in [0.29, 0.717) is 23.1 Å². The highest BCUT2D eigenvalue weighted by Gasteiger charge is 2.28. The molecule has 3 rings (SSSR count). The van der Waals surface area contributed by atoms with Gasteiger partial charge in [0, 0.05) is 17.3 Å². The highest BCUT2D eigenvalue weighted by molar-refractivity contribution is 7.92. The van der Waals surface area contributed by atoms with Crippen LogP contribution in [0.3, 0.4) is 0 Å². The van der Waals surface area contributed by atoms with Crippen LogP contribution in [0.5, 0.6) is 0 Å². The fourth-order valence-electron chi connectivity index (χ4n) is 3.54. The molecular weight excluding hydrogens is 360 g/mol. The van der Waals surface area contributed by atoms with Crippen molar-refractivity contribution < 1.29 is 13.2 Å². The summed E-state index contributed by atoms with van der Waals surface area (Å²) in [5, 5.41) is 3.11. The third-order valence-corrected chi connectivity index (χ3v) is 6.87. The zero-order valence-electron chi connectivity index (χ0n) is 15.7. The summed E-state index contributed by atoms with van der Waals surface area (Å²) in [5.41, 5.74) is 0.971. The van der Waals surface area contributed by atoms with E-state index < -0.39 is 10.0 Å². The summed E-state index contributed by atoms with van der Waals surface area (Å²) < 4.78 is 27.5. The van der Waals surface area contributed by atoms with E-state index in [1.165, 1.54) is 18.6 Å². The third kappa shape index (κ3) is 4.69. The zero-order chi connectivity index (χ0) is 19.4. The Labute approximate surface area is 161 Å². The van der Waals surface area contributed by atoms with Crippen molar-refractivity contribution in [2.24, 2.45) is 11.8 Å². The van der Waals surface area contributed by atoms with Crippen LogP contribution in [0.25, 0.3) is 0 Å². The molecule has 1 amide bonds. The second-order valence-corrected chi connectivity index (χ2v) is 9.03. The van der Waals surface area contributed by atoms with Gasteiger partial charge in [0.25, 0.3) is 15.9 Å². The van der Waals surface area contributed by atoms with E-state index >= 15 is 0 Å². The smallest absolute Gasteiger partial charge is 0.261 e. The minimum Gasteiger partial charge on any atom is -0.349 e. The first-order valence-electron chi connectivity index (χ1n) is 9.35. The molecule has 3 atom stereocenters. The Morgan fingerprint density at radius 2 is 1.63 bits per heavy atom. The Kier molecular flexibility index (Phi) is 5.85. The molecule has 1 fully saturated rings. The fraction of sp³-hybridized carbons (Fsp3) is 0.381. The fourth-order valence-corrected chi connectivity index (χ4v) is 4.60. The molecule has 0 unspecified atom stereocenters. The van der Waals surface area contributed by atoms with Gasteiger partial charge in [-0.15, -0.1) is 0 Å². The summed E-state index contributed by atoms with van der Waals surface area (Å²) in [5.74, 6) is 0.888. The maximum absolute atomic E-state index is 12.5. The predicted molar refractivity (Wildman–Crippen MR) is 107 cm³/mol. The third-order valence-electron chi connectivity index (χ3n) is 5.48. The van der Waals surface area contributed by atoms with Crippen LogP contribution < -0.4 is 10.0 Å². The minimum atomic E-state index is -3.68. The number of rotatable bonds is 5. The van der Waals surface area contributed by atoms with Crippen LogP contribution in [-0.4, -0.2) is 20.4 Å². The Hall–Kier alpha value is -2.34. The number of amides is 1. The van der Waals surface area contributed by atoms with E-state index in [-0.39, 0.29) is 16.8 Å². The number of hydrogen-bond acceptors (Lipinski definition) is 3. The van der Waals surface area contributed by atoms with Crippen molar-refractivity contribution in [1.29, 1.82) is 0 Å². The Balaban J connectivity index is 1.68. The maximum Gasteiger partial charge on any atom is 0.261 e. The normalized spacial score (nSPS) is 22.8. The van der Waals surface area contributed by atoms with E-state index in [2.05, 4.69) is 23.9 Å². The van der Waals surface area contributed by atoms with Crippen LogP contribution in [0.15, 0.2) is 59.5 Å². The summed E-state index contributed by atoms with van der Waals surface area (Å²) in [6, 6.07) is 14.9. The van der Waals surface area contributed by atoms with Crippen LogP contribution in [-0.2, 0) is 10.0 Å². The van der Waals surface area contributed by atoms with E-state index in [1.54, 1.807) is 36.4 Å². The summed E-state index contributed by atoms with van der Waals surface area (Å²) in [7, 11) is -3.68. The van der Waals surface area contributed by atoms with Crippen molar-refractivity contribution in [3.63, 3.8) is 0 Å². The van der Waals surface area contributed by atoms with Crippen LogP contribution in [0.2, 0.25) is 0 Å². The van der Waals surface area contributed by atoms with E-state index in [9.17, 15) is 13.2 Å². The van der Waals surface area contributed by atoms with Gasteiger partial charge in [0.1, 0.15) is 0 Å². The standard InChI is InChI=1S/C21H26N2O3S/c1-15-7-6-10-20(16(15)2)22-21(24)17-11-13-19(14-12-17)27(25,26)23-18-8-4-3-5-9-18/h3-5,8-9,11-16,20,23H,6-7,10H2,1-2H3,(H,22,24)/t15-,16-,20-/m1/s1. The molecule has 2 N–H and O–H groups in total.